The van der Waals surface area contributed by atoms with Crippen LogP contribution in [-0.2, 0) is 7.05 Å². The minimum absolute atomic E-state index is 1.05. The molecule has 2 aromatic heterocycles. The zero-order chi connectivity index (χ0) is 10.3. The van der Waals surface area contributed by atoms with Gasteiger partial charge in [0.15, 0.2) is 6.20 Å². The minimum atomic E-state index is 1.05. The first-order valence-electron chi connectivity index (χ1n) is 4.98. The lowest BCUT2D eigenvalue weighted by atomic mass is 10.1. The van der Waals surface area contributed by atoms with Crippen LogP contribution < -0.4 is 4.57 Å². The Kier molecular flexibility index (Phi) is 1.68. The van der Waals surface area contributed by atoms with Gasteiger partial charge in [-0.2, -0.15) is 0 Å². The monoisotopic (exact) mass is 195 g/mol. The summed E-state index contributed by atoms with van der Waals surface area (Å²) < 4.78 is 2.13. The third kappa shape index (κ3) is 1.18. The number of rotatable bonds is 0. The van der Waals surface area contributed by atoms with E-state index in [1.807, 2.05) is 12.3 Å². The van der Waals surface area contributed by atoms with Gasteiger partial charge < -0.3 is 0 Å². The Balaban J connectivity index is 2.60. The molecule has 0 fully saturated rings. The number of aromatic nitrogens is 2. The normalized spacial score (nSPS) is 11.0. The number of nitrogens with zero attached hydrogens (tertiary/aromatic N) is 2. The van der Waals surface area contributed by atoms with Crippen molar-refractivity contribution in [3.05, 3.63) is 48.8 Å². The molecule has 0 radical (unpaired) electrons. The molecule has 0 N–H and O–H groups in total. The van der Waals surface area contributed by atoms with Crippen molar-refractivity contribution < 1.29 is 4.57 Å². The Morgan fingerprint density at radius 1 is 1.00 bits per heavy atom. The van der Waals surface area contributed by atoms with E-state index in [0.29, 0.717) is 0 Å². The van der Waals surface area contributed by atoms with Crippen LogP contribution in [0.2, 0.25) is 0 Å². The largest absolute Gasteiger partial charge is 0.256 e. The summed E-state index contributed by atoms with van der Waals surface area (Å²) in [7, 11) is 2.06. The Morgan fingerprint density at radius 3 is 2.80 bits per heavy atom. The maximum absolute atomic E-state index is 4.35. The van der Waals surface area contributed by atoms with Crippen LogP contribution in [0.15, 0.2) is 48.8 Å². The molecule has 2 heterocycles. The van der Waals surface area contributed by atoms with Crippen molar-refractivity contribution in [2.24, 2.45) is 7.05 Å². The standard InChI is InChI=1S/C13H11N2/c1-15-9-3-5-11-10-4-2-8-14-12(10)6-7-13(11)15/h2-9H,1H3/q+1. The molecule has 0 amide bonds. The van der Waals surface area contributed by atoms with Crippen molar-refractivity contribution in [2.45, 2.75) is 0 Å². The van der Waals surface area contributed by atoms with Crippen LogP contribution >= 0.6 is 0 Å². The van der Waals surface area contributed by atoms with Gasteiger partial charge in [-0.1, -0.05) is 6.07 Å². The first-order chi connectivity index (χ1) is 7.36. The van der Waals surface area contributed by atoms with Crippen LogP contribution in [0.5, 0.6) is 0 Å². The molecule has 3 rings (SSSR count). The molecule has 15 heavy (non-hydrogen) atoms. The molecule has 72 valence electrons. The summed E-state index contributed by atoms with van der Waals surface area (Å²) >= 11 is 0. The highest BCUT2D eigenvalue weighted by Crippen LogP contribution is 2.20. The van der Waals surface area contributed by atoms with Crippen molar-refractivity contribution in [2.75, 3.05) is 0 Å². The Labute approximate surface area is 87.8 Å². The summed E-state index contributed by atoms with van der Waals surface area (Å²) in [6.07, 6.45) is 3.89. The molecule has 0 bridgehead atoms. The quantitative estimate of drug-likeness (QED) is 0.397. The van der Waals surface area contributed by atoms with E-state index in [2.05, 4.69) is 53.1 Å². The van der Waals surface area contributed by atoms with Gasteiger partial charge in [-0.15, -0.1) is 0 Å². The second kappa shape index (κ2) is 3.02. The van der Waals surface area contributed by atoms with Crippen LogP contribution in [-0.4, -0.2) is 4.98 Å². The van der Waals surface area contributed by atoms with E-state index in [-0.39, 0.29) is 0 Å². The molecule has 2 nitrogen and oxygen atoms in total. The maximum atomic E-state index is 4.35. The second-order valence-electron chi connectivity index (χ2n) is 3.69. The van der Waals surface area contributed by atoms with Gasteiger partial charge in [0.2, 0.25) is 5.52 Å². The zero-order valence-corrected chi connectivity index (χ0v) is 8.51. The van der Waals surface area contributed by atoms with E-state index in [9.17, 15) is 0 Å². The molecule has 0 saturated carbocycles. The van der Waals surface area contributed by atoms with E-state index < -0.39 is 0 Å². The van der Waals surface area contributed by atoms with E-state index >= 15 is 0 Å². The summed E-state index contributed by atoms with van der Waals surface area (Å²) in [5.74, 6) is 0. The lowest BCUT2D eigenvalue weighted by Gasteiger charge is -2.00. The molecule has 0 atom stereocenters. The van der Waals surface area contributed by atoms with Gasteiger partial charge in [0.25, 0.3) is 0 Å². The van der Waals surface area contributed by atoms with Crippen LogP contribution in [0, 0.1) is 0 Å². The van der Waals surface area contributed by atoms with Crippen LogP contribution in [0.4, 0.5) is 0 Å². The van der Waals surface area contributed by atoms with Gasteiger partial charge in [-0.25, -0.2) is 4.57 Å². The molecule has 1 aromatic carbocycles. The number of benzene rings is 1. The number of aryl methyl sites for hydroxylation is 1. The lowest BCUT2D eigenvalue weighted by molar-refractivity contribution is -0.644. The lowest BCUT2D eigenvalue weighted by Crippen LogP contribution is -2.27. The van der Waals surface area contributed by atoms with E-state index in [1.165, 1.54) is 16.3 Å². The highest BCUT2D eigenvalue weighted by molar-refractivity contribution is 6.03. The fraction of sp³-hybridized carbons (Fsp3) is 0.0769. The van der Waals surface area contributed by atoms with Crippen molar-refractivity contribution in [1.29, 1.82) is 0 Å². The Hall–Kier alpha value is -1.96. The zero-order valence-electron chi connectivity index (χ0n) is 8.51. The van der Waals surface area contributed by atoms with Crippen molar-refractivity contribution in [3.8, 4) is 0 Å². The first-order valence-corrected chi connectivity index (χ1v) is 4.98. The second-order valence-corrected chi connectivity index (χ2v) is 3.69. The fourth-order valence-corrected chi connectivity index (χ4v) is 2.00. The fourth-order valence-electron chi connectivity index (χ4n) is 2.00. The average Bonchev–Trinajstić information content (AvgIpc) is 2.29. The van der Waals surface area contributed by atoms with E-state index in [0.717, 1.165) is 5.52 Å². The molecule has 0 aliphatic heterocycles. The van der Waals surface area contributed by atoms with Gasteiger partial charge in [-0.05, 0) is 18.2 Å². The van der Waals surface area contributed by atoms with Crippen molar-refractivity contribution in [1.82, 2.24) is 4.98 Å². The van der Waals surface area contributed by atoms with Crippen LogP contribution in [0.1, 0.15) is 0 Å². The summed E-state index contributed by atoms with van der Waals surface area (Å²) in [5.41, 5.74) is 2.29. The topological polar surface area (TPSA) is 16.8 Å². The number of pyridine rings is 2. The molecule has 0 aliphatic rings. The predicted octanol–water partition coefficient (Wildman–Crippen LogP) is 2.21. The minimum Gasteiger partial charge on any atom is -0.256 e. The van der Waals surface area contributed by atoms with Gasteiger partial charge >= 0.3 is 0 Å². The van der Waals surface area contributed by atoms with Crippen LogP contribution in [0.25, 0.3) is 21.8 Å². The smallest absolute Gasteiger partial charge is 0.213 e. The summed E-state index contributed by atoms with van der Waals surface area (Å²) in [6, 6.07) is 12.5. The summed E-state index contributed by atoms with van der Waals surface area (Å²) in [5, 5.41) is 2.47. The van der Waals surface area contributed by atoms with Crippen LogP contribution in [0.3, 0.4) is 0 Å². The van der Waals surface area contributed by atoms with Crippen molar-refractivity contribution >= 4 is 21.8 Å². The molecule has 0 spiro atoms. The van der Waals surface area contributed by atoms with Gasteiger partial charge in [0.1, 0.15) is 7.05 Å². The molecular formula is C13H11N2+. The number of fused-ring (bicyclic) bond motifs is 3. The van der Waals surface area contributed by atoms with Gasteiger partial charge in [0, 0.05) is 23.7 Å². The maximum Gasteiger partial charge on any atom is 0.213 e. The highest BCUT2D eigenvalue weighted by atomic mass is 14.9. The van der Waals surface area contributed by atoms with Crippen molar-refractivity contribution in [3.63, 3.8) is 0 Å². The number of hydrogen-bond donors (Lipinski definition) is 0. The van der Waals surface area contributed by atoms with Gasteiger partial charge in [0.05, 0.1) is 10.9 Å². The molecule has 0 unspecified atom stereocenters. The Morgan fingerprint density at radius 2 is 1.87 bits per heavy atom. The molecular weight excluding hydrogens is 184 g/mol. The third-order valence-electron chi connectivity index (χ3n) is 2.76. The molecule has 0 aliphatic carbocycles. The van der Waals surface area contributed by atoms with E-state index in [1.54, 1.807) is 0 Å². The first kappa shape index (κ1) is 8.36. The molecule has 3 aromatic rings. The molecule has 2 heteroatoms. The predicted molar refractivity (Wildman–Crippen MR) is 60.4 cm³/mol. The highest BCUT2D eigenvalue weighted by Gasteiger charge is 2.06. The number of hydrogen-bond acceptors (Lipinski definition) is 1. The summed E-state index contributed by atoms with van der Waals surface area (Å²) in [4.78, 5) is 4.35. The summed E-state index contributed by atoms with van der Waals surface area (Å²) in [6.45, 7) is 0. The average molecular weight is 195 g/mol. The van der Waals surface area contributed by atoms with E-state index in [4.69, 9.17) is 0 Å². The van der Waals surface area contributed by atoms with Gasteiger partial charge in [-0.3, -0.25) is 4.98 Å². The molecule has 0 saturated heterocycles. The third-order valence-corrected chi connectivity index (χ3v) is 2.76. The SMILES string of the molecule is C[n+]1cccc2c3cccnc3ccc21. The Bertz CT molecular complexity index is 644.